The lowest BCUT2D eigenvalue weighted by Crippen LogP contribution is -2.30. The van der Waals surface area contributed by atoms with Crippen molar-refractivity contribution in [2.45, 2.75) is 12.8 Å². The third kappa shape index (κ3) is 3.29. The molecule has 0 unspecified atom stereocenters. The van der Waals surface area contributed by atoms with Crippen molar-refractivity contribution in [3.8, 4) is 0 Å². The van der Waals surface area contributed by atoms with E-state index in [9.17, 15) is 4.79 Å². The van der Waals surface area contributed by atoms with E-state index in [1.54, 1.807) is 6.20 Å². The summed E-state index contributed by atoms with van der Waals surface area (Å²) in [5, 5.41) is 8.21. The highest BCUT2D eigenvalue weighted by atomic mass is 32.1. The zero-order valence-electron chi connectivity index (χ0n) is 7.09. The molecule has 0 spiro atoms. The van der Waals surface area contributed by atoms with Crippen molar-refractivity contribution in [1.29, 1.82) is 0 Å². The van der Waals surface area contributed by atoms with E-state index in [-0.39, 0.29) is 5.56 Å². The smallest absolute Gasteiger partial charge is 0.267 e. The van der Waals surface area contributed by atoms with E-state index < -0.39 is 0 Å². The first-order valence-corrected chi connectivity index (χ1v) is 4.39. The van der Waals surface area contributed by atoms with Gasteiger partial charge >= 0.3 is 0 Å². The minimum atomic E-state index is -0.0599. The third-order valence-electron chi connectivity index (χ3n) is 1.65. The van der Waals surface area contributed by atoms with Crippen molar-refractivity contribution < 1.29 is 0 Å². The number of nitrogens with two attached hydrogens (primary N) is 1. The summed E-state index contributed by atoms with van der Waals surface area (Å²) in [6.45, 7) is 0.694. The predicted octanol–water partition coefficient (Wildman–Crippen LogP) is -0.531. The molecule has 0 aromatic carbocycles. The Morgan fingerprint density at radius 1 is 1.69 bits per heavy atom. The van der Waals surface area contributed by atoms with Gasteiger partial charge in [0.2, 0.25) is 0 Å². The first kappa shape index (κ1) is 9.79. The summed E-state index contributed by atoms with van der Waals surface area (Å²) in [5.74, 6) is 0. The summed E-state index contributed by atoms with van der Waals surface area (Å²) < 4.78 is 0. The predicted molar refractivity (Wildman–Crippen MR) is 54.5 cm³/mol. The Morgan fingerprint density at radius 3 is 3.00 bits per heavy atom. The monoisotopic (exact) mass is 200 g/mol. The fourth-order valence-corrected chi connectivity index (χ4v) is 1.11. The lowest BCUT2D eigenvalue weighted by atomic mass is 10.2. The average Bonchev–Trinajstić information content (AvgIpc) is 2.45. The zero-order valence-corrected chi connectivity index (χ0v) is 7.91. The topological polar surface area (TPSA) is 86.7 Å². The molecule has 1 aromatic heterocycles. The van der Waals surface area contributed by atoms with Crippen LogP contribution in [0.2, 0.25) is 0 Å². The molecule has 0 aliphatic carbocycles. The molecule has 0 atom stereocenters. The summed E-state index contributed by atoms with van der Waals surface area (Å²) in [4.78, 5) is 11.0. The van der Waals surface area contributed by atoms with Crippen LogP contribution in [0.4, 0.5) is 0 Å². The quantitative estimate of drug-likeness (QED) is 0.389. The van der Waals surface area contributed by atoms with Crippen LogP contribution in [0, 0.1) is 0 Å². The Bertz CT molecular complexity index is 329. The van der Waals surface area contributed by atoms with Crippen LogP contribution in [0.1, 0.15) is 12.0 Å². The normalized spacial score (nSPS) is 9.85. The van der Waals surface area contributed by atoms with Gasteiger partial charge in [-0.15, -0.1) is 0 Å². The molecular weight excluding hydrogens is 188 g/mol. The van der Waals surface area contributed by atoms with E-state index in [4.69, 9.17) is 5.73 Å². The van der Waals surface area contributed by atoms with Gasteiger partial charge in [0.1, 0.15) is 0 Å². The Balaban J connectivity index is 2.24. The molecule has 1 rings (SSSR count). The van der Waals surface area contributed by atoms with Gasteiger partial charge in [0.05, 0.1) is 0 Å². The van der Waals surface area contributed by atoms with Gasteiger partial charge in [0.15, 0.2) is 5.11 Å². The number of thiocarbonyl (C=S) groups is 1. The van der Waals surface area contributed by atoms with Crippen LogP contribution in [0.15, 0.2) is 11.0 Å². The molecule has 0 saturated carbocycles. The summed E-state index contributed by atoms with van der Waals surface area (Å²) in [6, 6.07) is 0. The second-order valence-corrected chi connectivity index (χ2v) is 3.10. The van der Waals surface area contributed by atoms with Gasteiger partial charge in [0.25, 0.3) is 5.56 Å². The standard InChI is InChI=1S/C7H12N4OS/c8-7(13)9-3-1-2-5-4-10-11-6(5)12/h4H,1-3H2,(H3,8,9,13)(H2,10,11,12). The first-order valence-electron chi connectivity index (χ1n) is 3.98. The second kappa shape index (κ2) is 4.66. The maximum Gasteiger partial charge on any atom is 0.267 e. The van der Waals surface area contributed by atoms with E-state index >= 15 is 0 Å². The average molecular weight is 200 g/mol. The molecule has 0 saturated heterocycles. The van der Waals surface area contributed by atoms with Crippen molar-refractivity contribution in [3.05, 3.63) is 22.1 Å². The molecule has 72 valence electrons. The lowest BCUT2D eigenvalue weighted by Gasteiger charge is -2.00. The number of aromatic nitrogens is 2. The van der Waals surface area contributed by atoms with Crippen LogP contribution >= 0.6 is 12.2 Å². The summed E-state index contributed by atoms with van der Waals surface area (Å²) in [7, 11) is 0. The number of nitrogens with one attached hydrogen (secondary N) is 3. The fourth-order valence-electron chi connectivity index (χ4n) is 1.01. The van der Waals surface area contributed by atoms with Crippen molar-refractivity contribution in [2.24, 2.45) is 5.73 Å². The van der Waals surface area contributed by atoms with Crippen molar-refractivity contribution >= 4 is 17.3 Å². The van der Waals surface area contributed by atoms with Gasteiger partial charge in [-0.3, -0.25) is 9.89 Å². The van der Waals surface area contributed by atoms with Crippen molar-refractivity contribution in [1.82, 2.24) is 15.5 Å². The molecule has 0 amide bonds. The highest BCUT2D eigenvalue weighted by molar-refractivity contribution is 7.80. The van der Waals surface area contributed by atoms with Crippen LogP contribution in [0.5, 0.6) is 0 Å². The Hall–Kier alpha value is -1.30. The van der Waals surface area contributed by atoms with Gasteiger partial charge in [-0.1, -0.05) is 0 Å². The van der Waals surface area contributed by atoms with E-state index in [1.165, 1.54) is 0 Å². The third-order valence-corrected chi connectivity index (χ3v) is 1.79. The van der Waals surface area contributed by atoms with Gasteiger partial charge < -0.3 is 16.1 Å². The molecule has 0 bridgehead atoms. The van der Waals surface area contributed by atoms with Crippen LogP contribution in [-0.2, 0) is 6.42 Å². The van der Waals surface area contributed by atoms with Crippen LogP contribution in [0.25, 0.3) is 0 Å². The number of aryl methyl sites for hydroxylation is 1. The molecule has 13 heavy (non-hydrogen) atoms. The summed E-state index contributed by atoms with van der Waals surface area (Å²) in [6.07, 6.45) is 3.22. The summed E-state index contributed by atoms with van der Waals surface area (Å²) in [5.41, 5.74) is 5.92. The van der Waals surface area contributed by atoms with Gasteiger partial charge in [0, 0.05) is 18.3 Å². The fraction of sp³-hybridized carbons (Fsp3) is 0.429. The first-order chi connectivity index (χ1) is 6.20. The van der Waals surface area contributed by atoms with Crippen LogP contribution in [0.3, 0.4) is 0 Å². The molecule has 5 nitrogen and oxygen atoms in total. The minimum Gasteiger partial charge on any atom is -0.376 e. The number of H-pyrrole nitrogens is 2. The van der Waals surface area contributed by atoms with E-state index in [2.05, 4.69) is 27.7 Å². The molecule has 0 aliphatic heterocycles. The molecule has 1 aromatic rings. The Kier molecular flexibility index (Phi) is 3.51. The molecule has 5 N–H and O–H groups in total. The van der Waals surface area contributed by atoms with Crippen LogP contribution in [-0.4, -0.2) is 21.9 Å². The SMILES string of the molecule is NC(=S)NCCCc1c[nH][nH]c1=O. The van der Waals surface area contributed by atoms with E-state index in [0.717, 1.165) is 12.0 Å². The molecule has 6 heteroatoms. The number of rotatable bonds is 4. The number of hydrogen-bond acceptors (Lipinski definition) is 2. The maximum atomic E-state index is 11.0. The highest BCUT2D eigenvalue weighted by Gasteiger charge is 1.98. The van der Waals surface area contributed by atoms with Gasteiger partial charge in [-0.25, -0.2) is 0 Å². The Labute approximate surface area is 80.7 Å². The van der Waals surface area contributed by atoms with Crippen LogP contribution < -0.4 is 16.6 Å². The van der Waals surface area contributed by atoms with Gasteiger partial charge in [-0.2, -0.15) is 0 Å². The lowest BCUT2D eigenvalue weighted by molar-refractivity contribution is 0.773. The minimum absolute atomic E-state index is 0.0599. The number of hydrogen-bond donors (Lipinski definition) is 4. The van der Waals surface area contributed by atoms with E-state index in [0.29, 0.717) is 18.1 Å². The molecule has 0 aliphatic rings. The molecule has 0 fully saturated rings. The zero-order chi connectivity index (χ0) is 9.68. The maximum absolute atomic E-state index is 11.0. The highest BCUT2D eigenvalue weighted by Crippen LogP contribution is 1.92. The van der Waals surface area contributed by atoms with Gasteiger partial charge in [-0.05, 0) is 25.1 Å². The second-order valence-electron chi connectivity index (χ2n) is 2.66. The molecule has 0 radical (unpaired) electrons. The van der Waals surface area contributed by atoms with Crippen molar-refractivity contribution in [2.75, 3.05) is 6.54 Å². The van der Waals surface area contributed by atoms with E-state index in [1.807, 2.05) is 0 Å². The molecular formula is C7H12N4OS. The summed E-state index contributed by atoms with van der Waals surface area (Å²) >= 11 is 4.63. The largest absolute Gasteiger partial charge is 0.376 e. The Morgan fingerprint density at radius 2 is 2.46 bits per heavy atom. The molecule has 1 heterocycles. The van der Waals surface area contributed by atoms with Crippen molar-refractivity contribution in [3.63, 3.8) is 0 Å². The number of aromatic amines is 2.